The average Bonchev–Trinajstić information content (AvgIpc) is 3.07. The standard InChI is InChI=1S/C22H24F6N5O5PS/c1-12-19(8-21(23,24)25,9-22(26,27)28)20(12,37-38-39(3,34)35)10-33-11-30-15-16(33)31-18(29)32-17(15)40-14-6-4-13(36-2)5-7-14/h4-7,11-12H,8-10H2,1-3H3,(H,34,35)(H2,29,31,32). The van der Waals surface area contributed by atoms with Crippen LogP contribution in [0.15, 0.2) is 40.5 Å². The van der Waals surface area contributed by atoms with Gasteiger partial charge in [-0.15, -0.1) is 4.67 Å². The summed E-state index contributed by atoms with van der Waals surface area (Å²) in [6.07, 6.45) is -12.7. The van der Waals surface area contributed by atoms with Gasteiger partial charge in [-0.2, -0.15) is 31.3 Å². The molecule has 0 aliphatic heterocycles. The van der Waals surface area contributed by atoms with Gasteiger partial charge < -0.3 is 19.9 Å². The van der Waals surface area contributed by atoms with E-state index in [1.54, 1.807) is 24.3 Å². The molecule has 3 aromatic rings. The van der Waals surface area contributed by atoms with Crippen molar-refractivity contribution in [1.29, 1.82) is 0 Å². The molecule has 3 atom stereocenters. The highest BCUT2D eigenvalue weighted by molar-refractivity contribution is 7.99. The molecule has 18 heteroatoms. The van der Waals surface area contributed by atoms with Crippen molar-refractivity contribution in [3.63, 3.8) is 0 Å². The van der Waals surface area contributed by atoms with Crippen molar-refractivity contribution in [1.82, 2.24) is 19.5 Å². The van der Waals surface area contributed by atoms with Crippen LogP contribution in [0.4, 0.5) is 32.3 Å². The molecule has 1 aliphatic rings. The molecule has 220 valence electrons. The molecule has 0 bridgehead atoms. The fraction of sp³-hybridized carbons (Fsp3) is 0.500. The largest absolute Gasteiger partial charge is 0.497 e. The molecule has 2 heterocycles. The summed E-state index contributed by atoms with van der Waals surface area (Å²) >= 11 is 1.14. The van der Waals surface area contributed by atoms with Crippen molar-refractivity contribution in [2.45, 2.75) is 54.2 Å². The smallest absolute Gasteiger partial charge is 0.389 e. The summed E-state index contributed by atoms with van der Waals surface area (Å²) in [4.78, 5) is 27.8. The minimum absolute atomic E-state index is 0.00202. The summed E-state index contributed by atoms with van der Waals surface area (Å²) < 4.78 is 104. The fourth-order valence-electron chi connectivity index (χ4n) is 4.98. The van der Waals surface area contributed by atoms with Gasteiger partial charge in [0.05, 0.1) is 32.8 Å². The maximum atomic E-state index is 13.6. The zero-order valence-electron chi connectivity index (χ0n) is 21.2. The molecule has 0 radical (unpaired) electrons. The number of benzene rings is 1. The van der Waals surface area contributed by atoms with Gasteiger partial charge in [0.2, 0.25) is 5.95 Å². The molecule has 1 saturated carbocycles. The molecular formula is C22H24F6N5O5PS. The minimum atomic E-state index is -5.02. The highest BCUT2D eigenvalue weighted by Gasteiger charge is 2.81. The first-order chi connectivity index (χ1) is 18.4. The van der Waals surface area contributed by atoms with E-state index in [1.807, 2.05) is 0 Å². The molecule has 0 spiro atoms. The second kappa shape index (κ2) is 10.4. The van der Waals surface area contributed by atoms with Gasteiger partial charge in [0.25, 0.3) is 0 Å². The lowest BCUT2D eigenvalue weighted by molar-refractivity contribution is -0.290. The second-order valence-corrected chi connectivity index (χ2v) is 12.3. The van der Waals surface area contributed by atoms with Crippen LogP contribution >= 0.6 is 19.4 Å². The van der Waals surface area contributed by atoms with E-state index in [4.69, 9.17) is 15.4 Å². The topological polar surface area (TPSA) is 135 Å². The summed E-state index contributed by atoms with van der Waals surface area (Å²) in [6, 6.07) is 6.87. The highest BCUT2D eigenvalue weighted by atomic mass is 32.2. The van der Waals surface area contributed by atoms with Crippen LogP contribution in [0.3, 0.4) is 0 Å². The summed E-state index contributed by atoms with van der Waals surface area (Å²) in [6.45, 7) is 1.14. The Bertz CT molecular complexity index is 1410. The number of alkyl halides is 6. The van der Waals surface area contributed by atoms with Gasteiger partial charge in [-0.25, -0.2) is 14.9 Å². The van der Waals surface area contributed by atoms with Crippen LogP contribution in [0.5, 0.6) is 5.75 Å². The number of rotatable bonds is 10. The lowest BCUT2D eigenvalue weighted by Crippen LogP contribution is -2.35. The Kier molecular flexibility index (Phi) is 7.86. The molecular weight excluding hydrogens is 591 g/mol. The van der Waals surface area contributed by atoms with Gasteiger partial charge in [0.1, 0.15) is 21.9 Å². The zero-order valence-corrected chi connectivity index (χ0v) is 22.9. The first kappa shape index (κ1) is 30.4. The number of nitrogen functional groups attached to an aromatic ring is 1. The number of ether oxygens (including phenoxy) is 1. The van der Waals surface area contributed by atoms with E-state index in [-0.39, 0.29) is 22.1 Å². The molecule has 0 amide bonds. The average molecular weight is 615 g/mol. The van der Waals surface area contributed by atoms with Gasteiger partial charge >= 0.3 is 19.9 Å². The van der Waals surface area contributed by atoms with Crippen LogP contribution in [-0.2, 0) is 20.7 Å². The van der Waals surface area contributed by atoms with Crippen molar-refractivity contribution in [2.24, 2.45) is 11.3 Å². The predicted octanol–water partition coefficient (Wildman–Crippen LogP) is 5.61. The predicted molar refractivity (Wildman–Crippen MR) is 130 cm³/mol. The van der Waals surface area contributed by atoms with E-state index in [9.17, 15) is 35.8 Å². The Morgan fingerprint density at radius 3 is 2.25 bits per heavy atom. The summed E-state index contributed by atoms with van der Waals surface area (Å²) in [7, 11) is -2.97. The summed E-state index contributed by atoms with van der Waals surface area (Å²) in [5, 5.41) is 0.270. The maximum Gasteiger partial charge on any atom is 0.389 e. The third-order valence-electron chi connectivity index (χ3n) is 6.77. The molecule has 40 heavy (non-hydrogen) atoms. The van der Waals surface area contributed by atoms with Gasteiger partial charge in [0.15, 0.2) is 5.65 Å². The van der Waals surface area contributed by atoms with Crippen LogP contribution in [0.1, 0.15) is 19.8 Å². The van der Waals surface area contributed by atoms with Crippen molar-refractivity contribution < 1.29 is 50.1 Å². The van der Waals surface area contributed by atoms with E-state index in [1.165, 1.54) is 7.11 Å². The number of halogens is 6. The lowest BCUT2D eigenvalue weighted by atomic mass is 9.91. The number of hydrogen-bond donors (Lipinski definition) is 2. The first-order valence-corrected chi connectivity index (χ1v) is 14.3. The molecule has 3 unspecified atom stereocenters. The third-order valence-corrected chi connectivity index (χ3v) is 8.11. The Balaban J connectivity index is 1.77. The van der Waals surface area contributed by atoms with Gasteiger partial charge in [0, 0.05) is 17.0 Å². The normalized spacial score (nSPS) is 22.3. The van der Waals surface area contributed by atoms with E-state index < -0.39 is 56.3 Å². The van der Waals surface area contributed by atoms with Crippen LogP contribution in [-0.4, -0.2) is 56.1 Å². The number of nitrogens with two attached hydrogens (primary N) is 1. The molecule has 0 saturated heterocycles. The van der Waals surface area contributed by atoms with Gasteiger partial charge in [-0.3, -0.25) is 4.57 Å². The quantitative estimate of drug-likeness (QED) is 0.0974. The number of aromatic nitrogens is 4. The lowest BCUT2D eigenvalue weighted by Gasteiger charge is -2.27. The van der Waals surface area contributed by atoms with Crippen molar-refractivity contribution in [3.05, 3.63) is 30.6 Å². The minimum Gasteiger partial charge on any atom is -0.497 e. The Hall–Kier alpha value is -2.59. The summed E-state index contributed by atoms with van der Waals surface area (Å²) in [5.74, 6) is -1.04. The molecule has 2 aromatic heterocycles. The van der Waals surface area contributed by atoms with E-state index in [2.05, 4.69) is 19.6 Å². The Morgan fingerprint density at radius 2 is 1.73 bits per heavy atom. The van der Waals surface area contributed by atoms with E-state index in [0.29, 0.717) is 17.3 Å². The molecule has 1 fully saturated rings. The van der Waals surface area contributed by atoms with Crippen LogP contribution in [0.25, 0.3) is 11.2 Å². The summed E-state index contributed by atoms with van der Waals surface area (Å²) in [5.41, 5.74) is 1.14. The Morgan fingerprint density at radius 1 is 1.12 bits per heavy atom. The monoisotopic (exact) mass is 615 g/mol. The molecule has 1 aromatic carbocycles. The Labute approximate surface area is 227 Å². The van der Waals surface area contributed by atoms with Gasteiger partial charge in [-0.05, 0) is 30.2 Å². The number of nitrogens with zero attached hydrogens (tertiary/aromatic N) is 4. The number of hydrogen-bond acceptors (Lipinski definition) is 9. The maximum absolute atomic E-state index is 13.6. The second-order valence-electron chi connectivity index (χ2n) is 9.52. The van der Waals surface area contributed by atoms with Crippen molar-refractivity contribution >= 4 is 36.5 Å². The third kappa shape index (κ3) is 6.33. The molecule has 3 N–H and O–H groups in total. The van der Waals surface area contributed by atoms with Crippen LogP contribution in [0, 0.1) is 11.3 Å². The first-order valence-electron chi connectivity index (χ1n) is 11.5. The number of imidazole rings is 1. The van der Waals surface area contributed by atoms with Crippen molar-refractivity contribution in [2.75, 3.05) is 19.5 Å². The van der Waals surface area contributed by atoms with E-state index in [0.717, 1.165) is 29.6 Å². The van der Waals surface area contributed by atoms with Crippen LogP contribution in [0.2, 0.25) is 0 Å². The number of methoxy groups -OCH3 is 1. The van der Waals surface area contributed by atoms with Crippen LogP contribution < -0.4 is 10.5 Å². The van der Waals surface area contributed by atoms with Crippen molar-refractivity contribution in [3.8, 4) is 5.75 Å². The number of fused-ring (bicyclic) bond motifs is 1. The van der Waals surface area contributed by atoms with E-state index >= 15 is 0 Å². The SMILES string of the molecule is COc1ccc(Sc2nc(N)nc3c2ncn3CC2(OOP(C)(=O)O)C(C)C2(CC(F)(F)F)CC(F)(F)F)cc1. The highest BCUT2D eigenvalue weighted by Crippen LogP contribution is 2.73. The number of anilines is 1. The molecule has 10 nitrogen and oxygen atoms in total. The fourth-order valence-corrected chi connectivity index (χ4v) is 6.13. The molecule has 1 aliphatic carbocycles. The van der Waals surface area contributed by atoms with Gasteiger partial charge in [-0.1, -0.05) is 18.7 Å². The molecule has 4 rings (SSSR count). The zero-order chi connectivity index (χ0) is 29.7.